The fourth-order valence-electron chi connectivity index (χ4n) is 2.44. The van der Waals surface area contributed by atoms with Crippen LogP contribution in [0.1, 0.15) is 21.6 Å². The third-order valence-corrected chi connectivity index (χ3v) is 4.20. The quantitative estimate of drug-likeness (QED) is 0.690. The van der Waals surface area contributed by atoms with Gasteiger partial charge in [0.15, 0.2) is 0 Å². The lowest BCUT2D eigenvalue weighted by atomic mass is 10.1. The highest BCUT2D eigenvalue weighted by molar-refractivity contribution is 9.10. The van der Waals surface area contributed by atoms with E-state index in [1.807, 2.05) is 48.0 Å². The van der Waals surface area contributed by atoms with Gasteiger partial charge in [-0.3, -0.25) is 9.59 Å². The highest BCUT2D eigenvalue weighted by atomic mass is 79.9. The molecular formula is C18H17BrN4O2. The fourth-order valence-corrected chi connectivity index (χ4v) is 2.79. The fraction of sp³-hybridized carbons (Fsp3) is 0.167. The highest BCUT2D eigenvalue weighted by Gasteiger charge is 2.10. The van der Waals surface area contributed by atoms with Crippen molar-refractivity contribution in [3.8, 4) is 0 Å². The standard InChI is InChI=1S/C18H17BrN4O2/c1-12-4-2-3-5-15(12)18(25)21-9-17(24)20-8-14-11-23-10-13(19)6-7-16(23)22-14/h2-7,10-11H,8-9H2,1H3,(H,20,24)(H,21,25). The van der Waals surface area contributed by atoms with Crippen LogP contribution in [-0.4, -0.2) is 27.7 Å². The first kappa shape index (κ1) is 17.2. The Balaban J connectivity index is 1.52. The first-order valence-corrected chi connectivity index (χ1v) is 8.56. The molecule has 3 rings (SSSR count). The minimum Gasteiger partial charge on any atom is -0.349 e. The summed E-state index contributed by atoms with van der Waals surface area (Å²) in [6.07, 6.45) is 3.75. The summed E-state index contributed by atoms with van der Waals surface area (Å²) in [7, 11) is 0. The Kier molecular flexibility index (Phi) is 5.14. The number of aromatic nitrogens is 2. The number of carbonyl (C=O) groups excluding carboxylic acids is 2. The molecule has 0 radical (unpaired) electrons. The molecule has 6 nitrogen and oxygen atoms in total. The third-order valence-electron chi connectivity index (χ3n) is 3.73. The van der Waals surface area contributed by atoms with Crippen LogP contribution in [0, 0.1) is 6.92 Å². The van der Waals surface area contributed by atoms with E-state index in [-0.39, 0.29) is 18.4 Å². The van der Waals surface area contributed by atoms with Crippen LogP contribution >= 0.6 is 15.9 Å². The maximum absolute atomic E-state index is 12.1. The van der Waals surface area contributed by atoms with Gasteiger partial charge in [0.05, 0.1) is 18.8 Å². The minimum atomic E-state index is -0.264. The van der Waals surface area contributed by atoms with Crippen LogP contribution in [0.5, 0.6) is 0 Å². The summed E-state index contributed by atoms with van der Waals surface area (Å²) in [5.74, 6) is -0.522. The molecule has 0 aliphatic rings. The predicted octanol–water partition coefficient (Wildman–Crippen LogP) is 2.45. The molecule has 0 bridgehead atoms. The van der Waals surface area contributed by atoms with Crippen molar-refractivity contribution < 1.29 is 9.59 Å². The number of halogens is 1. The lowest BCUT2D eigenvalue weighted by Gasteiger charge is -2.07. The highest BCUT2D eigenvalue weighted by Crippen LogP contribution is 2.12. The van der Waals surface area contributed by atoms with Gasteiger partial charge >= 0.3 is 0 Å². The van der Waals surface area contributed by atoms with E-state index in [1.165, 1.54) is 0 Å². The van der Waals surface area contributed by atoms with Crippen LogP contribution in [0.3, 0.4) is 0 Å². The van der Waals surface area contributed by atoms with E-state index in [1.54, 1.807) is 12.1 Å². The van der Waals surface area contributed by atoms with Crippen molar-refractivity contribution in [2.24, 2.45) is 0 Å². The number of aryl methyl sites for hydroxylation is 1. The molecule has 0 fully saturated rings. The molecule has 25 heavy (non-hydrogen) atoms. The van der Waals surface area contributed by atoms with Gasteiger partial charge in [0.2, 0.25) is 5.91 Å². The van der Waals surface area contributed by atoms with E-state index >= 15 is 0 Å². The van der Waals surface area contributed by atoms with Crippen molar-refractivity contribution in [1.29, 1.82) is 0 Å². The van der Waals surface area contributed by atoms with Crippen LogP contribution in [0.25, 0.3) is 5.65 Å². The molecule has 2 N–H and O–H groups in total. The Morgan fingerprint density at radius 2 is 1.92 bits per heavy atom. The van der Waals surface area contributed by atoms with Gasteiger partial charge in [-0.25, -0.2) is 4.98 Å². The van der Waals surface area contributed by atoms with Crippen LogP contribution in [0.4, 0.5) is 0 Å². The molecule has 2 aromatic heterocycles. The maximum Gasteiger partial charge on any atom is 0.251 e. The van der Waals surface area contributed by atoms with E-state index in [0.29, 0.717) is 12.1 Å². The average Bonchev–Trinajstić information content (AvgIpc) is 3.00. The Labute approximate surface area is 153 Å². The number of rotatable bonds is 5. The molecule has 2 amide bonds. The largest absolute Gasteiger partial charge is 0.349 e. The van der Waals surface area contributed by atoms with Gasteiger partial charge in [-0.1, -0.05) is 18.2 Å². The lowest BCUT2D eigenvalue weighted by molar-refractivity contribution is -0.120. The monoisotopic (exact) mass is 400 g/mol. The van der Waals surface area contributed by atoms with Crippen molar-refractivity contribution in [3.63, 3.8) is 0 Å². The molecule has 0 aliphatic carbocycles. The molecule has 0 saturated carbocycles. The Morgan fingerprint density at radius 1 is 1.12 bits per heavy atom. The number of pyridine rings is 1. The molecule has 3 aromatic rings. The maximum atomic E-state index is 12.1. The van der Waals surface area contributed by atoms with E-state index in [9.17, 15) is 9.59 Å². The van der Waals surface area contributed by atoms with Gasteiger partial charge in [-0.2, -0.15) is 0 Å². The van der Waals surface area contributed by atoms with Gasteiger partial charge in [0, 0.05) is 22.4 Å². The average molecular weight is 401 g/mol. The minimum absolute atomic E-state index is 0.0773. The first-order valence-electron chi connectivity index (χ1n) is 7.76. The second kappa shape index (κ2) is 7.48. The number of hydrogen-bond acceptors (Lipinski definition) is 3. The molecule has 2 heterocycles. The normalized spacial score (nSPS) is 10.6. The van der Waals surface area contributed by atoms with Crippen molar-refractivity contribution in [2.45, 2.75) is 13.5 Å². The number of amides is 2. The molecule has 0 atom stereocenters. The zero-order valence-electron chi connectivity index (χ0n) is 13.6. The van der Waals surface area contributed by atoms with Crippen LogP contribution in [0.2, 0.25) is 0 Å². The number of imidazole rings is 1. The molecule has 128 valence electrons. The van der Waals surface area contributed by atoms with Crippen LogP contribution < -0.4 is 10.6 Å². The van der Waals surface area contributed by atoms with E-state index in [2.05, 4.69) is 31.5 Å². The molecule has 0 saturated heterocycles. The third kappa shape index (κ3) is 4.24. The molecule has 0 unspecified atom stereocenters. The zero-order valence-corrected chi connectivity index (χ0v) is 15.2. The lowest BCUT2D eigenvalue weighted by Crippen LogP contribution is -2.36. The molecular weight excluding hydrogens is 384 g/mol. The summed E-state index contributed by atoms with van der Waals surface area (Å²) in [4.78, 5) is 28.4. The van der Waals surface area contributed by atoms with Crippen molar-refractivity contribution in [2.75, 3.05) is 6.54 Å². The SMILES string of the molecule is Cc1ccccc1C(=O)NCC(=O)NCc1cn2cc(Br)ccc2n1. The van der Waals surface area contributed by atoms with Crippen molar-refractivity contribution in [1.82, 2.24) is 20.0 Å². The summed E-state index contributed by atoms with van der Waals surface area (Å²) < 4.78 is 2.83. The Morgan fingerprint density at radius 3 is 2.72 bits per heavy atom. The van der Waals surface area contributed by atoms with Crippen LogP contribution in [0.15, 0.2) is 53.3 Å². The molecule has 0 spiro atoms. The number of carbonyl (C=O) groups is 2. The second-order valence-electron chi connectivity index (χ2n) is 5.62. The number of nitrogens with zero attached hydrogens (tertiary/aromatic N) is 2. The van der Waals surface area contributed by atoms with E-state index in [0.717, 1.165) is 21.4 Å². The van der Waals surface area contributed by atoms with Crippen molar-refractivity contribution >= 4 is 33.4 Å². The summed E-state index contributed by atoms with van der Waals surface area (Å²) in [5, 5.41) is 5.38. The van der Waals surface area contributed by atoms with E-state index in [4.69, 9.17) is 0 Å². The summed E-state index contributed by atoms with van der Waals surface area (Å²) in [6, 6.07) is 11.0. The van der Waals surface area contributed by atoms with Gasteiger partial charge in [-0.15, -0.1) is 0 Å². The van der Waals surface area contributed by atoms with Gasteiger partial charge in [0.1, 0.15) is 5.65 Å². The van der Waals surface area contributed by atoms with Crippen LogP contribution in [-0.2, 0) is 11.3 Å². The smallest absolute Gasteiger partial charge is 0.251 e. The topological polar surface area (TPSA) is 75.5 Å². The second-order valence-corrected chi connectivity index (χ2v) is 6.54. The zero-order chi connectivity index (χ0) is 17.8. The number of benzene rings is 1. The van der Waals surface area contributed by atoms with Crippen molar-refractivity contribution in [3.05, 3.63) is 70.1 Å². The van der Waals surface area contributed by atoms with E-state index < -0.39 is 0 Å². The number of nitrogens with one attached hydrogen (secondary N) is 2. The number of hydrogen-bond donors (Lipinski definition) is 2. The Bertz CT molecular complexity index is 936. The molecule has 7 heteroatoms. The number of fused-ring (bicyclic) bond motifs is 1. The van der Waals surface area contributed by atoms with Gasteiger partial charge in [0.25, 0.3) is 5.91 Å². The predicted molar refractivity (Wildman–Crippen MR) is 98.3 cm³/mol. The molecule has 1 aromatic carbocycles. The summed E-state index contributed by atoms with van der Waals surface area (Å²) >= 11 is 3.40. The Hall–Kier alpha value is -2.67. The first-order chi connectivity index (χ1) is 12.0. The summed E-state index contributed by atoms with van der Waals surface area (Å²) in [5.41, 5.74) is 2.99. The summed E-state index contributed by atoms with van der Waals surface area (Å²) in [6.45, 7) is 2.08. The van der Waals surface area contributed by atoms with Gasteiger partial charge < -0.3 is 15.0 Å². The van der Waals surface area contributed by atoms with Gasteiger partial charge in [-0.05, 0) is 46.6 Å². The molecule has 0 aliphatic heterocycles.